The van der Waals surface area contributed by atoms with Crippen LogP contribution in [0.3, 0.4) is 0 Å². The zero-order valence-electron chi connectivity index (χ0n) is 18.6. The number of nitrogens with one attached hydrogen (secondary N) is 1. The molecule has 0 spiro atoms. The fourth-order valence-corrected chi connectivity index (χ4v) is 4.42. The van der Waals surface area contributed by atoms with E-state index in [4.69, 9.17) is 8.83 Å². The van der Waals surface area contributed by atoms with E-state index in [2.05, 4.69) is 25.5 Å². The number of pyridine rings is 1. The maximum Gasteiger partial charge on any atom is 0.237 e. The summed E-state index contributed by atoms with van der Waals surface area (Å²) in [6, 6.07) is 16.7. The third-order valence-electron chi connectivity index (χ3n) is 5.19. The smallest absolute Gasteiger partial charge is 0.237 e. The van der Waals surface area contributed by atoms with Gasteiger partial charge in [-0.05, 0) is 49.7 Å². The van der Waals surface area contributed by atoms with Crippen LogP contribution >= 0.6 is 11.8 Å². The zero-order valence-corrected chi connectivity index (χ0v) is 19.4. The average molecular weight is 472 g/mol. The van der Waals surface area contributed by atoms with Crippen molar-refractivity contribution in [2.45, 2.75) is 30.7 Å². The summed E-state index contributed by atoms with van der Waals surface area (Å²) in [5.74, 6) is 0.938. The normalized spacial score (nSPS) is 12.1. The van der Waals surface area contributed by atoms with E-state index >= 15 is 0 Å². The van der Waals surface area contributed by atoms with Crippen molar-refractivity contribution in [2.75, 3.05) is 5.32 Å². The molecule has 0 radical (unpaired) electrons. The first-order valence-corrected chi connectivity index (χ1v) is 11.7. The number of nitrogens with zero attached hydrogens (tertiary/aromatic N) is 4. The third-order valence-corrected chi connectivity index (χ3v) is 6.41. The first kappa shape index (κ1) is 21.8. The van der Waals surface area contributed by atoms with Gasteiger partial charge in [0.25, 0.3) is 0 Å². The molecule has 1 N–H and O–H groups in total. The second-order valence-corrected chi connectivity index (χ2v) is 8.75. The van der Waals surface area contributed by atoms with E-state index in [1.807, 2.05) is 44.2 Å². The van der Waals surface area contributed by atoms with Crippen LogP contribution in [-0.4, -0.2) is 31.3 Å². The second kappa shape index (κ2) is 9.48. The lowest BCUT2D eigenvalue weighted by molar-refractivity contribution is -0.115. The van der Waals surface area contributed by atoms with E-state index in [-0.39, 0.29) is 5.91 Å². The topological polar surface area (TPSA) is 107 Å². The van der Waals surface area contributed by atoms with Crippen LogP contribution in [0.4, 0.5) is 5.69 Å². The summed E-state index contributed by atoms with van der Waals surface area (Å²) >= 11 is 1.26. The molecule has 8 nitrogen and oxygen atoms in total. The number of amides is 1. The lowest BCUT2D eigenvalue weighted by Gasteiger charge is -2.15. The zero-order chi connectivity index (χ0) is 23.5. The lowest BCUT2D eigenvalue weighted by atomic mass is 10.1. The molecule has 170 valence electrons. The Labute approximate surface area is 199 Å². The predicted molar refractivity (Wildman–Crippen MR) is 130 cm³/mol. The number of carbonyl (C=O) groups excluding carboxylic acids is 1. The van der Waals surface area contributed by atoms with Crippen molar-refractivity contribution in [1.82, 2.24) is 20.2 Å². The van der Waals surface area contributed by atoms with Gasteiger partial charge >= 0.3 is 0 Å². The first-order valence-electron chi connectivity index (χ1n) is 10.8. The molecule has 5 aromatic rings. The first-order chi connectivity index (χ1) is 16.6. The number of furan rings is 2. The monoisotopic (exact) mass is 471 g/mol. The molecule has 4 aromatic heterocycles. The molecule has 0 saturated carbocycles. The summed E-state index contributed by atoms with van der Waals surface area (Å²) in [4.78, 5) is 22.4. The molecule has 5 rings (SSSR count). The number of aryl methyl sites for hydroxylation is 1. The number of thioether (sulfide) groups is 1. The number of rotatable bonds is 7. The minimum absolute atomic E-state index is 0.137. The summed E-state index contributed by atoms with van der Waals surface area (Å²) in [6.45, 7) is 3.86. The molecule has 0 aliphatic heterocycles. The summed E-state index contributed by atoms with van der Waals surface area (Å²) in [5.41, 5.74) is 3.38. The van der Waals surface area contributed by atoms with E-state index < -0.39 is 5.25 Å². The Morgan fingerprint density at radius 3 is 2.41 bits per heavy atom. The van der Waals surface area contributed by atoms with Crippen LogP contribution in [0.15, 0.2) is 81.1 Å². The van der Waals surface area contributed by atoms with Crippen molar-refractivity contribution in [3.05, 3.63) is 72.8 Å². The number of para-hydroxylation sites is 1. The van der Waals surface area contributed by atoms with Crippen LogP contribution in [0.2, 0.25) is 0 Å². The Kier molecular flexibility index (Phi) is 6.09. The van der Waals surface area contributed by atoms with E-state index in [9.17, 15) is 4.79 Å². The second-order valence-electron chi connectivity index (χ2n) is 7.58. The van der Waals surface area contributed by atoms with E-state index in [0.29, 0.717) is 34.5 Å². The largest absolute Gasteiger partial charge is 0.463 e. The van der Waals surface area contributed by atoms with Crippen molar-refractivity contribution in [3.63, 3.8) is 0 Å². The van der Waals surface area contributed by atoms with Crippen molar-refractivity contribution in [2.24, 2.45) is 0 Å². The summed E-state index contributed by atoms with van der Waals surface area (Å²) < 4.78 is 11.0. The number of benzene rings is 1. The number of carbonyl (C=O) groups is 1. The maximum absolute atomic E-state index is 13.2. The van der Waals surface area contributed by atoms with Crippen LogP contribution in [0.5, 0.6) is 0 Å². The molecule has 34 heavy (non-hydrogen) atoms. The van der Waals surface area contributed by atoms with Crippen LogP contribution in [0, 0.1) is 6.92 Å². The van der Waals surface area contributed by atoms with Gasteiger partial charge in [-0.2, -0.15) is 0 Å². The highest BCUT2D eigenvalue weighted by atomic mass is 32.2. The molecule has 0 bridgehead atoms. The number of aromatic nitrogens is 4. The number of anilines is 1. The van der Waals surface area contributed by atoms with Gasteiger partial charge in [0.15, 0.2) is 17.2 Å². The van der Waals surface area contributed by atoms with Crippen molar-refractivity contribution in [1.29, 1.82) is 0 Å². The van der Waals surface area contributed by atoms with Crippen molar-refractivity contribution < 1.29 is 13.6 Å². The Bertz CT molecular complexity index is 1430. The molecule has 1 unspecified atom stereocenters. The molecule has 0 aliphatic carbocycles. The van der Waals surface area contributed by atoms with Gasteiger partial charge in [0, 0.05) is 11.1 Å². The predicted octanol–water partition coefficient (Wildman–Crippen LogP) is 5.76. The van der Waals surface area contributed by atoms with Gasteiger partial charge in [0.05, 0.1) is 29.0 Å². The molecule has 0 fully saturated rings. The summed E-state index contributed by atoms with van der Waals surface area (Å²) in [7, 11) is 0. The fraction of sp³-hybridized carbons (Fsp3) is 0.160. The molecule has 1 aromatic carbocycles. The van der Waals surface area contributed by atoms with Crippen LogP contribution in [-0.2, 0) is 4.79 Å². The van der Waals surface area contributed by atoms with Gasteiger partial charge in [-0.1, -0.05) is 36.9 Å². The Balaban J connectivity index is 1.42. The van der Waals surface area contributed by atoms with Gasteiger partial charge in [-0.15, -0.1) is 10.2 Å². The minimum Gasteiger partial charge on any atom is -0.463 e. The fourth-order valence-electron chi connectivity index (χ4n) is 3.60. The van der Waals surface area contributed by atoms with Gasteiger partial charge < -0.3 is 14.2 Å². The Morgan fingerprint density at radius 2 is 1.71 bits per heavy atom. The number of hydrogen-bond acceptors (Lipinski definition) is 8. The third kappa shape index (κ3) is 4.42. The van der Waals surface area contributed by atoms with Gasteiger partial charge in [0.1, 0.15) is 5.69 Å². The highest BCUT2D eigenvalue weighted by Gasteiger charge is 2.23. The molecular formula is C25H21N5O3S. The molecule has 0 saturated heterocycles. The summed E-state index contributed by atoms with van der Waals surface area (Å²) in [6.07, 6.45) is 3.71. The molecular weight excluding hydrogens is 450 g/mol. The molecule has 0 aliphatic rings. The quantitative estimate of drug-likeness (QED) is 0.299. The van der Waals surface area contributed by atoms with E-state index in [1.54, 1.807) is 36.8 Å². The van der Waals surface area contributed by atoms with E-state index in [1.165, 1.54) is 11.8 Å². The number of fused-ring (bicyclic) bond motifs is 1. The minimum atomic E-state index is -0.423. The summed E-state index contributed by atoms with van der Waals surface area (Å²) in [5, 5.41) is 12.5. The van der Waals surface area contributed by atoms with Gasteiger partial charge in [0.2, 0.25) is 11.1 Å². The van der Waals surface area contributed by atoms with Crippen LogP contribution in [0.1, 0.15) is 19.0 Å². The number of hydrogen-bond donors (Lipinski definition) is 1. The molecule has 4 heterocycles. The SMILES string of the molecule is CCC(Sc1nnc(-c2ccco2)c(-c2ccco2)n1)C(=O)Nc1cc(C)nc2ccccc12. The highest BCUT2D eigenvalue weighted by Crippen LogP contribution is 2.32. The van der Waals surface area contributed by atoms with E-state index in [0.717, 1.165) is 22.3 Å². The Hall–Kier alpha value is -3.98. The molecule has 1 amide bonds. The van der Waals surface area contributed by atoms with Crippen molar-refractivity contribution >= 4 is 34.3 Å². The van der Waals surface area contributed by atoms with Gasteiger partial charge in [-0.25, -0.2) is 4.98 Å². The Morgan fingerprint density at radius 1 is 0.971 bits per heavy atom. The average Bonchev–Trinajstić information content (AvgIpc) is 3.57. The maximum atomic E-state index is 13.2. The standard InChI is InChI=1S/C25H21N5O3S/c1-3-21(24(31)27-18-14-15(2)26-17-9-5-4-8-16(17)18)34-25-28-22(19-10-6-12-32-19)23(29-30-25)20-11-7-13-33-20/h4-14,21H,3H2,1-2H3,(H,26,27,31). The molecule has 9 heteroatoms. The lowest BCUT2D eigenvalue weighted by Crippen LogP contribution is -2.25. The molecule has 1 atom stereocenters. The highest BCUT2D eigenvalue weighted by molar-refractivity contribution is 8.00. The van der Waals surface area contributed by atoms with Crippen LogP contribution < -0.4 is 5.32 Å². The van der Waals surface area contributed by atoms with Crippen molar-refractivity contribution in [3.8, 4) is 22.9 Å². The van der Waals surface area contributed by atoms with Gasteiger partial charge in [-0.3, -0.25) is 9.78 Å². The van der Waals surface area contributed by atoms with Crippen LogP contribution in [0.25, 0.3) is 33.8 Å².